The molecule has 0 aromatic heterocycles. The topological polar surface area (TPSA) is 0 Å². The standard InChI is InChI=1S/C27H23F/c1-4-5-22-10-12-24(13-11-22)14-16-25-19-27(28)26(18-21(25)3)17-15-23-8-6-20(2)7-9-23/h6-13,18-19H,4-5H2,1-3H3. The van der Waals surface area contributed by atoms with E-state index in [-0.39, 0.29) is 5.82 Å². The third-order valence-electron chi connectivity index (χ3n) is 4.54. The summed E-state index contributed by atoms with van der Waals surface area (Å²) in [6.45, 7) is 6.13. The summed E-state index contributed by atoms with van der Waals surface area (Å²) in [6, 6.07) is 19.4. The van der Waals surface area contributed by atoms with Crippen LogP contribution in [0.15, 0.2) is 60.7 Å². The van der Waals surface area contributed by atoms with Crippen molar-refractivity contribution in [1.82, 2.24) is 0 Å². The maximum atomic E-state index is 14.5. The molecule has 0 aliphatic carbocycles. The number of benzene rings is 3. The maximum absolute atomic E-state index is 14.5. The molecule has 138 valence electrons. The van der Waals surface area contributed by atoms with Gasteiger partial charge in [-0.3, -0.25) is 0 Å². The van der Waals surface area contributed by atoms with Gasteiger partial charge in [-0.2, -0.15) is 0 Å². The van der Waals surface area contributed by atoms with Crippen LogP contribution in [0.4, 0.5) is 4.39 Å². The number of hydrogen-bond acceptors (Lipinski definition) is 0. The Balaban J connectivity index is 1.82. The molecule has 0 atom stereocenters. The Morgan fingerprint density at radius 1 is 0.714 bits per heavy atom. The Morgan fingerprint density at radius 2 is 1.29 bits per heavy atom. The van der Waals surface area contributed by atoms with Gasteiger partial charge in [-0.15, -0.1) is 0 Å². The van der Waals surface area contributed by atoms with Crippen molar-refractivity contribution in [2.75, 3.05) is 0 Å². The summed E-state index contributed by atoms with van der Waals surface area (Å²) in [5.41, 5.74) is 6.30. The molecule has 0 saturated heterocycles. The predicted octanol–water partition coefficient (Wildman–Crippen LogP) is 6.19. The van der Waals surface area contributed by atoms with Crippen LogP contribution >= 0.6 is 0 Å². The first-order valence-electron chi connectivity index (χ1n) is 9.55. The average molecular weight is 366 g/mol. The Morgan fingerprint density at radius 3 is 1.89 bits per heavy atom. The van der Waals surface area contributed by atoms with Crippen molar-refractivity contribution in [2.45, 2.75) is 33.6 Å². The molecule has 0 unspecified atom stereocenters. The normalized spacial score (nSPS) is 9.86. The van der Waals surface area contributed by atoms with Gasteiger partial charge < -0.3 is 0 Å². The summed E-state index contributed by atoms with van der Waals surface area (Å²) in [4.78, 5) is 0. The summed E-state index contributed by atoms with van der Waals surface area (Å²) in [5, 5.41) is 0. The molecule has 0 saturated carbocycles. The fourth-order valence-corrected chi connectivity index (χ4v) is 2.87. The third-order valence-corrected chi connectivity index (χ3v) is 4.54. The van der Waals surface area contributed by atoms with Crippen molar-refractivity contribution in [3.05, 3.63) is 105 Å². The molecule has 0 spiro atoms. The van der Waals surface area contributed by atoms with Crippen LogP contribution in [0.1, 0.15) is 52.3 Å². The number of halogens is 1. The van der Waals surface area contributed by atoms with Crippen molar-refractivity contribution >= 4 is 0 Å². The number of hydrogen-bond donors (Lipinski definition) is 0. The van der Waals surface area contributed by atoms with Gasteiger partial charge in [0.25, 0.3) is 0 Å². The minimum absolute atomic E-state index is 0.340. The summed E-state index contributed by atoms with van der Waals surface area (Å²) in [5.74, 6) is 11.8. The lowest BCUT2D eigenvalue weighted by atomic mass is 10.0. The fourth-order valence-electron chi connectivity index (χ4n) is 2.87. The quantitative estimate of drug-likeness (QED) is 0.474. The second-order valence-electron chi connectivity index (χ2n) is 6.96. The molecule has 0 fully saturated rings. The van der Waals surface area contributed by atoms with Crippen LogP contribution in [0.2, 0.25) is 0 Å². The highest BCUT2D eigenvalue weighted by Gasteiger charge is 2.04. The Kier molecular flexibility index (Phi) is 6.31. The predicted molar refractivity (Wildman–Crippen MR) is 115 cm³/mol. The molecule has 0 N–H and O–H groups in total. The van der Waals surface area contributed by atoms with Crippen molar-refractivity contribution in [1.29, 1.82) is 0 Å². The summed E-state index contributed by atoms with van der Waals surface area (Å²) in [7, 11) is 0. The summed E-state index contributed by atoms with van der Waals surface area (Å²) < 4.78 is 14.5. The van der Waals surface area contributed by atoms with E-state index in [1.807, 2.05) is 50.2 Å². The van der Waals surface area contributed by atoms with Gasteiger partial charge in [-0.1, -0.05) is 66.9 Å². The van der Waals surface area contributed by atoms with E-state index in [9.17, 15) is 4.39 Å². The van der Waals surface area contributed by atoms with Crippen LogP contribution in [0.5, 0.6) is 0 Å². The number of rotatable bonds is 2. The van der Waals surface area contributed by atoms with Crippen LogP contribution < -0.4 is 0 Å². The minimum atomic E-state index is -0.340. The molecular weight excluding hydrogens is 343 g/mol. The van der Waals surface area contributed by atoms with Crippen molar-refractivity contribution in [2.24, 2.45) is 0 Å². The van der Waals surface area contributed by atoms with Gasteiger partial charge in [0.1, 0.15) is 5.82 Å². The molecule has 0 aliphatic rings. The first-order valence-corrected chi connectivity index (χ1v) is 9.55. The van der Waals surface area contributed by atoms with Crippen LogP contribution in [0.25, 0.3) is 0 Å². The Labute approximate surface area is 167 Å². The molecule has 0 nitrogen and oxygen atoms in total. The fraction of sp³-hybridized carbons (Fsp3) is 0.185. The smallest absolute Gasteiger partial charge is 0.140 e. The maximum Gasteiger partial charge on any atom is 0.140 e. The minimum Gasteiger partial charge on any atom is -0.206 e. The highest BCUT2D eigenvalue weighted by atomic mass is 19.1. The van der Waals surface area contributed by atoms with E-state index in [0.717, 1.165) is 29.5 Å². The van der Waals surface area contributed by atoms with Crippen LogP contribution in [-0.4, -0.2) is 0 Å². The Hall–Kier alpha value is -3.29. The van der Waals surface area contributed by atoms with E-state index in [0.29, 0.717) is 11.1 Å². The first kappa shape index (κ1) is 19.5. The molecule has 0 bridgehead atoms. The lowest BCUT2D eigenvalue weighted by Crippen LogP contribution is -1.91. The number of aryl methyl sites for hydroxylation is 3. The molecule has 0 aliphatic heterocycles. The highest BCUT2D eigenvalue weighted by Crippen LogP contribution is 2.15. The Bertz CT molecular complexity index is 1080. The first-order chi connectivity index (χ1) is 13.5. The van der Waals surface area contributed by atoms with Gasteiger partial charge in [0.15, 0.2) is 0 Å². The molecule has 0 amide bonds. The molecule has 1 heteroatoms. The van der Waals surface area contributed by atoms with E-state index >= 15 is 0 Å². The average Bonchev–Trinajstić information content (AvgIpc) is 2.70. The molecule has 0 heterocycles. The molecule has 0 radical (unpaired) electrons. The van der Waals surface area contributed by atoms with Gasteiger partial charge in [0.05, 0.1) is 5.56 Å². The van der Waals surface area contributed by atoms with E-state index in [4.69, 9.17) is 0 Å². The van der Waals surface area contributed by atoms with Gasteiger partial charge in [0, 0.05) is 16.7 Å². The van der Waals surface area contributed by atoms with Crippen molar-refractivity contribution in [3.8, 4) is 23.7 Å². The van der Waals surface area contributed by atoms with E-state index in [1.165, 1.54) is 17.2 Å². The van der Waals surface area contributed by atoms with Crippen molar-refractivity contribution < 1.29 is 4.39 Å². The SMILES string of the molecule is CCCc1ccc(C#Cc2cc(F)c(C#Cc3ccc(C)cc3)cc2C)cc1. The molecule has 28 heavy (non-hydrogen) atoms. The lowest BCUT2D eigenvalue weighted by molar-refractivity contribution is 0.623. The van der Waals surface area contributed by atoms with Crippen molar-refractivity contribution in [3.63, 3.8) is 0 Å². The third kappa shape index (κ3) is 5.12. The van der Waals surface area contributed by atoms with E-state index in [1.54, 1.807) is 6.07 Å². The molecule has 3 aromatic carbocycles. The zero-order chi connectivity index (χ0) is 19.9. The second-order valence-corrected chi connectivity index (χ2v) is 6.96. The zero-order valence-electron chi connectivity index (χ0n) is 16.6. The van der Waals surface area contributed by atoms with Gasteiger partial charge in [-0.05, 0) is 67.8 Å². The van der Waals surface area contributed by atoms with E-state index < -0.39 is 0 Å². The second kappa shape index (κ2) is 9.07. The van der Waals surface area contributed by atoms with Gasteiger partial charge >= 0.3 is 0 Å². The van der Waals surface area contributed by atoms with Crippen LogP contribution in [0, 0.1) is 43.3 Å². The largest absolute Gasteiger partial charge is 0.206 e. The van der Waals surface area contributed by atoms with Crippen LogP contribution in [0.3, 0.4) is 0 Å². The van der Waals surface area contributed by atoms with E-state index in [2.05, 4.69) is 42.7 Å². The van der Waals surface area contributed by atoms with Gasteiger partial charge in [0.2, 0.25) is 0 Å². The zero-order valence-corrected chi connectivity index (χ0v) is 16.6. The van der Waals surface area contributed by atoms with Gasteiger partial charge in [-0.25, -0.2) is 4.39 Å². The summed E-state index contributed by atoms with van der Waals surface area (Å²) in [6.07, 6.45) is 2.20. The molecule has 3 aromatic rings. The van der Waals surface area contributed by atoms with Crippen LogP contribution in [-0.2, 0) is 6.42 Å². The lowest BCUT2D eigenvalue weighted by Gasteiger charge is -2.02. The summed E-state index contributed by atoms with van der Waals surface area (Å²) >= 11 is 0. The monoisotopic (exact) mass is 366 g/mol. The molecular formula is C27H23F. The molecule has 3 rings (SSSR count). The highest BCUT2D eigenvalue weighted by molar-refractivity contribution is 5.52.